The average Bonchev–Trinajstić information content (AvgIpc) is 3.22. The van der Waals surface area contributed by atoms with E-state index in [1.807, 2.05) is 18.2 Å². The van der Waals surface area contributed by atoms with Crippen molar-refractivity contribution in [1.82, 2.24) is 0 Å². The third-order valence-corrected chi connectivity index (χ3v) is 4.88. The zero-order chi connectivity index (χ0) is 19.5. The van der Waals surface area contributed by atoms with Crippen molar-refractivity contribution in [2.75, 3.05) is 13.2 Å². The van der Waals surface area contributed by atoms with Gasteiger partial charge in [-0.25, -0.2) is 4.99 Å². The quantitative estimate of drug-likeness (QED) is 0.755. The molecule has 0 radical (unpaired) electrons. The lowest BCUT2D eigenvalue weighted by molar-refractivity contribution is -0.118. The summed E-state index contributed by atoms with van der Waals surface area (Å²) in [6, 6.07) is 13.3. The number of aliphatic imine (C=N–C) groups is 2. The second-order valence-corrected chi connectivity index (χ2v) is 6.70. The van der Waals surface area contributed by atoms with Gasteiger partial charge in [0.15, 0.2) is 12.1 Å². The molecule has 6 nitrogen and oxygen atoms in total. The average molecular weight is 371 g/mol. The van der Waals surface area contributed by atoms with Crippen LogP contribution in [0.25, 0.3) is 0 Å². The van der Waals surface area contributed by atoms with Crippen LogP contribution in [-0.4, -0.2) is 36.8 Å². The number of hydrogen-bond donors (Lipinski definition) is 0. The molecule has 0 unspecified atom stereocenters. The molecule has 0 aromatic heterocycles. The number of ether oxygens (including phenoxy) is 1. The van der Waals surface area contributed by atoms with Crippen LogP contribution in [0, 0.1) is 11.3 Å². The molecule has 138 valence electrons. The maximum atomic E-state index is 11.6. The van der Waals surface area contributed by atoms with Gasteiger partial charge in [0.05, 0.1) is 17.8 Å². The van der Waals surface area contributed by atoms with Crippen molar-refractivity contribution < 1.29 is 14.3 Å². The van der Waals surface area contributed by atoms with Crippen molar-refractivity contribution in [3.8, 4) is 11.8 Å². The number of nitrogens with zero attached hydrogens (tertiary/aromatic N) is 3. The van der Waals surface area contributed by atoms with E-state index in [1.165, 1.54) is 5.56 Å². The minimum atomic E-state index is -0.0911. The second-order valence-electron chi connectivity index (χ2n) is 6.70. The maximum Gasteiger partial charge on any atom is 0.157 e. The molecule has 2 aromatic carbocycles. The molecule has 1 aliphatic heterocycles. The molecular weight excluding hydrogens is 354 g/mol. The van der Waals surface area contributed by atoms with E-state index in [9.17, 15) is 14.9 Å². The van der Waals surface area contributed by atoms with Gasteiger partial charge in [0.1, 0.15) is 24.2 Å². The standard InChI is InChI=1S/C22H17N3O3/c23-12-18-10-16(4-6-21(18)28-8-7-26)20-13-24-22(25-20)17-2-1-15-11-19(27)5-3-14(15)9-17/h1-2,4,6-7,9-10H,3,5,8,11,13H2. The summed E-state index contributed by atoms with van der Waals surface area (Å²) < 4.78 is 5.26. The molecule has 1 aliphatic carbocycles. The van der Waals surface area contributed by atoms with Gasteiger partial charge in [0.2, 0.25) is 0 Å². The lowest BCUT2D eigenvalue weighted by Gasteiger charge is -2.15. The van der Waals surface area contributed by atoms with Gasteiger partial charge in [-0.1, -0.05) is 12.1 Å². The van der Waals surface area contributed by atoms with Gasteiger partial charge in [-0.2, -0.15) is 5.26 Å². The van der Waals surface area contributed by atoms with Crippen molar-refractivity contribution in [3.63, 3.8) is 0 Å². The number of carbonyl (C=O) groups is 2. The summed E-state index contributed by atoms with van der Waals surface area (Å²) in [4.78, 5) is 31.3. The highest BCUT2D eigenvalue weighted by molar-refractivity contribution is 6.17. The number of nitriles is 1. The number of carbonyl (C=O) groups excluding carboxylic acids is 2. The fourth-order valence-electron chi connectivity index (χ4n) is 3.45. The van der Waals surface area contributed by atoms with Gasteiger partial charge < -0.3 is 4.74 Å². The number of aryl methyl sites for hydroxylation is 1. The van der Waals surface area contributed by atoms with Crippen molar-refractivity contribution in [1.29, 1.82) is 5.26 Å². The second kappa shape index (κ2) is 7.57. The molecule has 0 N–H and O–H groups in total. The van der Waals surface area contributed by atoms with Gasteiger partial charge >= 0.3 is 0 Å². The highest BCUT2D eigenvalue weighted by Gasteiger charge is 2.19. The summed E-state index contributed by atoms with van der Waals surface area (Å²) in [7, 11) is 0. The molecular formula is C22H17N3O3. The first kappa shape index (κ1) is 17.8. The highest BCUT2D eigenvalue weighted by atomic mass is 16.5. The zero-order valence-electron chi connectivity index (χ0n) is 15.1. The highest BCUT2D eigenvalue weighted by Crippen LogP contribution is 2.24. The molecule has 0 saturated carbocycles. The van der Waals surface area contributed by atoms with Crippen LogP contribution in [-0.2, 0) is 22.4 Å². The van der Waals surface area contributed by atoms with Gasteiger partial charge in [-0.3, -0.25) is 14.6 Å². The molecule has 0 atom stereocenters. The molecule has 28 heavy (non-hydrogen) atoms. The Balaban J connectivity index is 1.58. The molecule has 1 heterocycles. The number of rotatable bonds is 5. The van der Waals surface area contributed by atoms with E-state index < -0.39 is 0 Å². The van der Waals surface area contributed by atoms with Crippen molar-refractivity contribution >= 4 is 23.6 Å². The number of fused-ring (bicyclic) bond motifs is 1. The number of amidine groups is 1. The van der Waals surface area contributed by atoms with Crippen molar-refractivity contribution in [2.24, 2.45) is 9.98 Å². The summed E-state index contributed by atoms with van der Waals surface area (Å²) in [5.41, 5.74) is 5.15. The Labute approximate surface area is 162 Å². The van der Waals surface area contributed by atoms with Crippen LogP contribution < -0.4 is 4.74 Å². The number of benzene rings is 2. The minimum Gasteiger partial charge on any atom is -0.485 e. The normalized spacial score (nSPS) is 15.3. The summed E-state index contributed by atoms with van der Waals surface area (Å²) >= 11 is 0. The maximum absolute atomic E-state index is 11.6. The van der Waals surface area contributed by atoms with Crippen LogP contribution in [0.15, 0.2) is 46.4 Å². The monoisotopic (exact) mass is 371 g/mol. The molecule has 2 aromatic rings. The lowest BCUT2D eigenvalue weighted by Crippen LogP contribution is -2.13. The van der Waals surface area contributed by atoms with E-state index in [2.05, 4.69) is 22.1 Å². The van der Waals surface area contributed by atoms with E-state index in [4.69, 9.17) is 4.74 Å². The van der Waals surface area contributed by atoms with E-state index >= 15 is 0 Å². The Morgan fingerprint density at radius 2 is 1.96 bits per heavy atom. The predicted molar refractivity (Wildman–Crippen MR) is 104 cm³/mol. The summed E-state index contributed by atoms with van der Waals surface area (Å²) in [6.45, 7) is 0.344. The largest absolute Gasteiger partial charge is 0.485 e. The summed E-state index contributed by atoms with van der Waals surface area (Å²) in [5.74, 6) is 1.32. The van der Waals surface area contributed by atoms with Crippen molar-refractivity contribution in [2.45, 2.75) is 19.3 Å². The molecule has 0 fully saturated rings. The number of aldehydes is 1. The Morgan fingerprint density at radius 1 is 1.11 bits per heavy atom. The summed E-state index contributed by atoms with van der Waals surface area (Å²) in [6.07, 6.45) is 2.50. The smallest absolute Gasteiger partial charge is 0.157 e. The van der Waals surface area contributed by atoms with E-state index in [1.54, 1.807) is 12.1 Å². The lowest BCUT2D eigenvalue weighted by atomic mass is 9.89. The number of Topliss-reactive ketones (excluding diaryl/α,β-unsaturated/α-hetero) is 1. The van der Waals surface area contributed by atoms with E-state index in [0.717, 1.165) is 28.8 Å². The fraction of sp³-hybridized carbons (Fsp3) is 0.227. The van der Waals surface area contributed by atoms with Gasteiger partial charge in [-0.15, -0.1) is 0 Å². The topological polar surface area (TPSA) is 91.9 Å². The third kappa shape index (κ3) is 3.47. The van der Waals surface area contributed by atoms with Crippen LogP contribution in [0.3, 0.4) is 0 Å². The van der Waals surface area contributed by atoms with Gasteiger partial charge in [0, 0.05) is 18.4 Å². The van der Waals surface area contributed by atoms with Crippen LogP contribution >= 0.6 is 0 Å². The Bertz CT molecular complexity index is 1080. The fourth-order valence-corrected chi connectivity index (χ4v) is 3.45. The first-order chi connectivity index (χ1) is 13.7. The molecule has 0 amide bonds. The Hall–Kier alpha value is -3.59. The van der Waals surface area contributed by atoms with Crippen LogP contribution in [0.4, 0.5) is 0 Å². The first-order valence-electron chi connectivity index (χ1n) is 9.05. The Morgan fingerprint density at radius 3 is 2.79 bits per heavy atom. The minimum absolute atomic E-state index is 0.0911. The number of hydrogen-bond acceptors (Lipinski definition) is 6. The van der Waals surface area contributed by atoms with Gasteiger partial charge in [-0.05, 0) is 47.4 Å². The molecule has 0 spiro atoms. The van der Waals surface area contributed by atoms with Gasteiger partial charge in [0.25, 0.3) is 0 Å². The molecule has 0 bridgehead atoms. The zero-order valence-corrected chi connectivity index (χ0v) is 15.1. The van der Waals surface area contributed by atoms with Crippen LogP contribution in [0.1, 0.15) is 34.2 Å². The molecule has 2 aliphatic rings. The molecule has 0 saturated heterocycles. The van der Waals surface area contributed by atoms with Crippen LogP contribution in [0.5, 0.6) is 5.75 Å². The molecule has 4 rings (SSSR count). The summed E-state index contributed by atoms with van der Waals surface area (Å²) in [5, 5.41) is 9.34. The van der Waals surface area contributed by atoms with E-state index in [0.29, 0.717) is 42.8 Å². The molecule has 6 heteroatoms. The predicted octanol–water partition coefficient (Wildman–Crippen LogP) is 2.44. The SMILES string of the molecule is N#Cc1cc(C2=NC(c3ccc4c(c3)CCC(=O)C4)=NC2)ccc1OCC=O. The van der Waals surface area contributed by atoms with Crippen LogP contribution in [0.2, 0.25) is 0 Å². The van der Waals surface area contributed by atoms with E-state index in [-0.39, 0.29) is 12.4 Å². The third-order valence-electron chi connectivity index (χ3n) is 4.88. The van der Waals surface area contributed by atoms with Crippen molar-refractivity contribution in [3.05, 3.63) is 64.2 Å². The number of ketones is 1. The first-order valence-corrected chi connectivity index (χ1v) is 9.05. The Kier molecular flexibility index (Phi) is 4.81.